The molecule has 5 nitrogen and oxygen atoms in total. The van der Waals surface area contributed by atoms with Gasteiger partial charge >= 0.3 is 0 Å². The van der Waals surface area contributed by atoms with Gasteiger partial charge in [0.1, 0.15) is 0 Å². The molecule has 0 heterocycles. The molecule has 0 saturated heterocycles. The van der Waals surface area contributed by atoms with Crippen LogP contribution in [0.3, 0.4) is 0 Å². The molecule has 2 fully saturated rings. The molecule has 112 valence electrons. The second-order valence-corrected chi connectivity index (χ2v) is 6.32. The Labute approximate surface area is 124 Å². The van der Waals surface area contributed by atoms with Gasteiger partial charge in [-0.1, -0.05) is 0 Å². The van der Waals surface area contributed by atoms with Gasteiger partial charge in [-0.05, 0) is 61.8 Å². The molecule has 4 unspecified atom stereocenters. The number of nitrogens with two attached hydrogens (primary N) is 2. The monoisotopic (exact) mass is 287 g/mol. The quantitative estimate of drug-likeness (QED) is 0.783. The van der Waals surface area contributed by atoms with Crippen LogP contribution in [0.2, 0.25) is 0 Å². The number of aryl methyl sites for hydroxylation is 1. The number of hydrogen-bond acceptors (Lipinski definition) is 3. The van der Waals surface area contributed by atoms with E-state index in [2.05, 4.69) is 5.32 Å². The van der Waals surface area contributed by atoms with Crippen LogP contribution in [-0.4, -0.2) is 17.9 Å². The zero-order valence-corrected chi connectivity index (χ0v) is 12.1. The molecule has 5 heteroatoms. The highest BCUT2D eigenvalue weighted by molar-refractivity contribution is 5.97. The van der Waals surface area contributed by atoms with E-state index >= 15 is 0 Å². The topological polar surface area (TPSA) is 98.2 Å². The maximum Gasteiger partial charge on any atom is 0.248 e. The lowest BCUT2D eigenvalue weighted by molar-refractivity contribution is -0.121. The molecule has 2 saturated carbocycles. The Bertz CT molecular complexity index is 597. The minimum absolute atomic E-state index is 0.000856. The molecule has 1 aromatic carbocycles. The number of hydrogen-bond donors (Lipinski definition) is 3. The summed E-state index contributed by atoms with van der Waals surface area (Å²) in [5.41, 5.74) is 13.4. The number of fused-ring (bicyclic) bond motifs is 2. The van der Waals surface area contributed by atoms with Gasteiger partial charge in [-0.15, -0.1) is 0 Å². The summed E-state index contributed by atoms with van der Waals surface area (Å²) in [7, 11) is 0. The first-order chi connectivity index (χ1) is 9.97. The first-order valence-corrected chi connectivity index (χ1v) is 7.44. The Morgan fingerprint density at radius 3 is 2.52 bits per heavy atom. The molecule has 3 rings (SSSR count). The minimum atomic E-state index is -0.458. The van der Waals surface area contributed by atoms with Gasteiger partial charge in [-0.2, -0.15) is 0 Å². The van der Waals surface area contributed by atoms with Crippen molar-refractivity contribution in [2.24, 2.45) is 29.2 Å². The van der Waals surface area contributed by atoms with Crippen LogP contribution in [-0.2, 0) is 4.79 Å². The van der Waals surface area contributed by atoms with Crippen LogP contribution in [0.5, 0.6) is 0 Å². The van der Waals surface area contributed by atoms with E-state index in [0.717, 1.165) is 24.8 Å². The zero-order valence-electron chi connectivity index (χ0n) is 12.1. The van der Waals surface area contributed by atoms with Crippen LogP contribution in [0.1, 0.15) is 35.2 Å². The van der Waals surface area contributed by atoms with E-state index in [1.54, 1.807) is 25.1 Å². The van der Waals surface area contributed by atoms with Crippen molar-refractivity contribution < 1.29 is 9.59 Å². The molecule has 0 aliphatic heterocycles. The van der Waals surface area contributed by atoms with E-state index in [-0.39, 0.29) is 17.9 Å². The highest BCUT2D eigenvalue weighted by Crippen LogP contribution is 2.47. The smallest absolute Gasteiger partial charge is 0.248 e. The number of anilines is 1. The lowest BCUT2D eigenvalue weighted by Crippen LogP contribution is -2.42. The van der Waals surface area contributed by atoms with Crippen LogP contribution < -0.4 is 16.8 Å². The molecule has 2 aliphatic rings. The van der Waals surface area contributed by atoms with E-state index in [9.17, 15) is 9.59 Å². The minimum Gasteiger partial charge on any atom is -0.366 e. The molecule has 2 aliphatic carbocycles. The fourth-order valence-electron chi connectivity index (χ4n) is 3.97. The summed E-state index contributed by atoms with van der Waals surface area (Å²) < 4.78 is 0. The van der Waals surface area contributed by atoms with Gasteiger partial charge in [0.25, 0.3) is 0 Å². The normalized spacial score (nSPS) is 30.4. The number of nitrogens with one attached hydrogen (secondary N) is 1. The summed E-state index contributed by atoms with van der Waals surface area (Å²) in [6, 6.07) is 5.11. The average molecular weight is 287 g/mol. The summed E-state index contributed by atoms with van der Waals surface area (Å²) in [4.78, 5) is 23.7. The van der Waals surface area contributed by atoms with Gasteiger partial charge in [0.05, 0.1) is 5.92 Å². The molecule has 2 bridgehead atoms. The summed E-state index contributed by atoms with van der Waals surface area (Å²) in [6.45, 7) is 1.80. The Morgan fingerprint density at radius 2 is 1.95 bits per heavy atom. The van der Waals surface area contributed by atoms with E-state index in [1.165, 1.54) is 0 Å². The number of benzene rings is 1. The van der Waals surface area contributed by atoms with Crippen molar-refractivity contribution in [3.05, 3.63) is 29.3 Å². The van der Waals surface area contributed by atoms with E-state index in [0.29, 0.717) is 23.1 Å². The number of primary amides is 1. The maximum atomic E-state index is 12.5. The van der Waals surface area contributed by atoms with E-state index in [1.807, 2.05) is 0 Å². The molecule has 0 spiro atoms. The molecule has 1 aromatic rings. The molecular formula is C16H21N3O2. The number of amides is 2. The molecule has 5 N–H and O–H groups in total. The predicted molar refractivity (Wildman–Crippen MR) is 80.6 cm³/mol. The van der Waals surface area contributed by atoms with Crippen molar-refractivity contribution in [2.45, 2.75) is 32.2 Å². The second kappa shape index (κ2) is 5.15. The second-order valence-electron chi connectivity index (χ2n) is 6.32. The van der Waals surface area contributed by atoms with Gasteiger partial charge in [0.15, 0.2) is 0 Å². The van der Waals surface area contributed by atoms with Crippen LogP contribution in [0.25, 0.3) is 0 Å². The highest BCUT2D eigenvalue weighted by atomic mass is 16.2. The molecule has 4 atom stereocenters. The maximum absolute atomic E-state index is 12.5. The average Bonchev–Trinajstić information content (AvgIpc) is 2.98. The summed E-state index contributed by atoms with van der Waals surface area (Å²) in [5, 5.41) is 2.94. The van der Waals surface area contributed by atoms with Crippen molar-refractivity contribution in [2.75, 3.05) is 5.32 Å². The van der Waals surface area contributed by atoms with Crippen LogP contribution >= 0.6 is 0 Å². The van der Waals surface area contributed by atoms with Crippen LogP contribution in [0.4, 0.5) is 5.69 Å². The Kier molecular flexibility index (Phi) is 3.45. The molecule has 21 heavy (non-hydrogen) atoms. The standard InChI is InChI=1S/C16H21N3O2/c1-8-6-11(4-5-12(8)15(18)20)19-16(21)13-9-2-3-10(7-9)14(13)17/h4-6,9-10,13-14H,2-3,7,17H2,1H3,(H2,18,20)(H,19,21). The fourth-order valence-corrected chi connectivity index (χ4v) is 3.97. The van der Waals surface area contributed by atoms with Crippen molar-refractivity contribution in [1.82, 2.24) is 0 Å². The van der Waals surface area contributed by atoms with Gasteiger partial charge in [-0.25, -0.2) is 0 Å². The van der Waals surface area contributed by atoms with E-state index in [4.69, 9.17) is 11.5 Å². The molecule has 0 radical (unpaired) electrons. The summed E-state index contributed by atoms with van der Waals surface area (Å²) >= 11 is 0. The Balaban J connectivity index is 1.73. The third-order valence-corrected chi connectivity index (χ3v) is 5.04. The van der Waals surface area contributed by atoms with Gasteiger partial charge < -0.3 is 16.8 Å². The van der Waals surface area contributed by atoms with Crippen molar-refractivity contribution in [3.63, 3.8) is 0 Å². The number of rotatable bonds is 3. The van der Waals surface area contributed by atoms with Gasteiger partial charge in [0.2, 0.25) is 11.8 Å². The van der Waals surface area contributed by atoms with Crippen molar-refractivity contribution in [1.29, 1.82) is 0 Å². The molecular weight excluding hydrogens is 266 g/mol. The van der Waals surface area contributed by atoms with Gasteiger partial charge in [-0.3, -0.25) is 9.59 Å². The van der Waals surface area contributed by atoms with Gasteiger partial charge in [0, 0.05) is 17.3 Å². The molecule has 2 amide bonds. The SMILES string of the molecule is Cc1cc(NC(=O)C2C3CCC(C3)C2N)ccc1C(N)=O. The lowest BCUT2D eigenvalue weighted by atomic mass is 9.84. The molecule has 0 aromatic heterocycles. The first-order valence-electron chi connectivity index (χ1n) is 7.44. The number of carbonyl (C=O) groups is 2. The van der Waals surface area contributed by atoms with E-state index < -0.39 is 5.91 Å². The summed E-state index contributed by atoms with van der Waals surface area (Å²) in [6.07, 6.45) is 3.34. The Hall–Kier alpha value is -1.88. The Morgan fingerprint density at radius 1 is 1.24 bits per heavy atom. The largest absolute Gasteiger partial charge is 0.366 e. The zero-order chi connectivity index (χ0) is 15.1. The van der Waals surface area contributed by atoms with Crippen LogP contribution in [0, 0.1) is 24.7 Å². The fraction of sp³-hybridized carbons (Fsp3) is 0.500. The summed E-state index contributed by atoms with van der Waals surface area (Å²) in [5.74, 6) is 0.391. The third kappa shape index (κ3) is 2.42. The highest BCUT2D eigenvalue weighted by Gasteiger charge is 2.49. The van der Waals surface area contributed by atoms with Crippen molar-refractivity contribution in [3.8, 4) is 0 Å². The van der Waals surface area contributed by atoms with Crippen molar-refractivity contribution >= 4 is 17.5 Å². The number of carbonyl (C=O) groups excluding carboxylic acids is 2. The predicted octanol–water partition coefficient (Wildman–Crippen LogP) is 1.41. The lowest BCUT2D eigenvalue weighted by Gasteiger charge is -2.27. The first kappa shape index (κ1) is 14.1. The van der Waals surface area contributed by atoms with Crippen LogP contribution in [0.15, 0.2) is 18.2 Å². The third-order valence-electron chi connectivity index (χ3n) is 5.04.